The molecule has 0 aromatic carbocycles. The van der Waals surface area contributed by atoms with Crippen LogP contribution in [0.25, 0.3) is 0 Å². The van der Waals surface area contributed by atoms with Gasteiger partial charge in [-0.15, -0.1) is 0 Å². The van der Waals surface area contributed by atoms with Crippen LogP contribution in [0.1, 0.15) is 78.1 Å². The minimum atomic E-state index is -1.06. The standard InChI is InChI=1S/C16H31NO4/c1-4-5-6-7-8-9-10-11-12-13-15(18)17(21-3)14(2)16(19)20/h14H,4-13H2,1-3H3,(H,19,20)/t14-/m0/s1. The Kier molecular flexibility index (Phi) is 12.0. The Morgan fingerprint density at radius 2 is 1.48 bits per heavy atom. The number of hydroxylamine groups is 2. The van der Waals surface area contributed by atoms with E-state index in [0.717, 1.165) is 24.3 Å². The summed E-state index contributed by atoms with van der Waals surface area (Å²) in [5, 5.41) is 9.84. The number of nitrogens with zero attached hydrogens (tertiary/aromatic N) is 1. The van der Waals surface area contributed by atoms with Crippen LogP contribution in [-0.4, -0.2) is 35.2 Å². The zero-order valence-corrected chi connectivity index (χ0v) is 13.8. The van der Waals surface area contributed by atoms with Crippen LogP contribution in [0.15, 0.2) is 0 Å². The van der Waals surface area contributed by atoms with Crippen LogP contribution in [0.2, 0.25) is 0 Å². The molecular formula is C16H31NO4. The van der Waals surface area contributed by atoms with Crippen molar-refractivity contribution in [2.75, 3.05) is 7.11 Å². The van der Waals surface area contributed by atoms with Gasteiger partial charge in [0.2, 0.25) is 5.91 Å². The van der Waals surface area contributed by atoms with Gasteiger partial charge in [0.25, 0.3) is 0 Å². The number of amides is 1. The van der Waals surface area contributed by atoms with Gasteiger partial charge in [0.1, 0.15) is 0 Å². The molecule has 21 heavy (non-hydrogen) atoms. The monoisotopic (exact) mass is 301 g/mol. The molecule has 124 valence electrons. The van der Waals surface area contributed by atoms with Crippen molar-refractivity contribution in [3.8, 4) is 0 Å². The second kappa shape index (κ2) is 12.6. The fourth-order valence-electron chi connectivity index (χ4n) is 2.27. The molecule has 0 aromatic heterocycles. The third-order valence-electron chi connectivity index (χ3n) is 3.65. The van der Waals surface area contributed by atoms with Crippen molar-refractivity contribution in [3.05, 3.63) is 0 Å². The molecule has 0 aromatic rings. The summed E-state index contributed by atoms with van der Waals surface area (Å²) in [6.07, 6.45) is 11.0. The van der Waals surface area contributed by atoms with Gasteiger partial charge in [0.05, 0.1) is 7.11 Å². The molecule has 5 nitrogen and oxygen atoms in total. The molecule has 0 heterocycles. The summed E-state index contributed by atoms with van der Waals surface area (Å²) >= 11 is 0. The molecule has 0 radical (unpaired) electrons. The number of carbonyl (C=O) groups excluding carboxylic acids is 1. The highest BCUT2D eigenvalue weighted by atomic mass is 16.7. The highest BCUT2D eigenvalue weighted by Gasteiger charge is 2.25. The van der Waals surface area contributed by atoms with Gasteiger partial charge in [-0.05, 0) is 13.3 Å². The maximum atomic E-state index is 11.9. The van der Waals surface area contributed by atoms with Crippen LogP contribution < -0.4 is 0 Å². The van der Waals surface area contributed by atoms with Gasteiger partial charge in [0, 0.05) is 6.42 Å². The Bertz CT molecular complexity index is 294. The van der Waals surface area contributed by atoms with Gasteiger partial charge in [-0.25, -0.2) is 9.86 Å². The Labute approximate surface area is 128 Å². The number of carboxylic acid groups (broad SMARTS) is 1. The molecule has 1 N–H and O–H groups in total. The second-order valence-electron chi connectivity index (χ2n) is 5.49. The van der Waals surface area contributed by atoms with E-state index in [-0.39, 0.29) is 5.91 Å². The topological polar surface area (TPSA) is 66.8 Å². The zero-order valence-electron chi connectivity index (χ0n) is 13.8. The first kappa shape index (κ1) is 19.9. The average Bonchev–Trinajstić information content (AvgIpc) is 2.46. The Balaban J connectivity index is 3.67. The van der Waals surface area contributed by atoms with Crippen molar-refractivity contribution in [1.29, 1.82) is 0 Å². The molecule has 5 heteroatoms. The van der Waals surface area contributed by atoms with Crippen molar-refractivity contribution < 1.29 is 19.5 Å². The van der Waals surface area contributed by atoms with Crippen molar-refractivity contribution in [3.63, 3.8) is 0 Å². The third-order valence-corrected chi connectivity index (χ3v) is 3.65. The van der Waals surface area contributed by atoms with E-state index in [4.69, 9.17) is 9.94 Å². The number of hydrogen-bond donors (Lipinski definition) is 1. The van der Waals surface area contributed by atoms with Crippen LogP contribution >= 0.6 is 0 Å². The highest BCUT2D eigenvalue weighted by molar-refractivity contribution is 5.82. The van der Waals surface area contributed by atoms with Gasteiger partial charge < -0.3 is 5.11 Å². The van der Waals surface area contributed by atoms with E-state index >= 15 is 0 Å². The Morgan fingerprint density at radius 3 is 1.90 bits per heavy atom. The summed E-state index contributed by atoms with van der Waals surface area (Å²) in [6.45, 7) is 3.66. The van der Waals surface area contributed by atoms with Gasteiger partial charge in [-0.3, -0.25) is 9.63 Å². The fraction of sp³-hybridized carbons (Fsp3) is 0.875. The summed E-state index contributed by atoms with van der Waals surface area (Å²) < 4.78 is 0. The van der Waals surface area contributed by atoms with Crippen LogP contribution in [0.5, 0.6) is 0 Å². The lowest BCUT2D eigenvalue weighted by Crippen LogP contribution is -2.42. The number of carbonyl (C=O) groups is 2. The molecule has 0 aliphatic heterocycles. The molecular weight excluding hydrogens is 270 g/mol. The van der Waals surface area contributed by atoms with E-state index in [1.54, 1.807) is 0 Å². The molecule has 0 saturated heterocycles. The number of hydrogen-bond acceptors (Lipinski definition) is 3. The first-order valence-corrected chi connectivity index (χ1v) is 8.13. The largest absolute Gasteiger partial charge is 0.480 e. The fourth-order valence-corrected chi connectivity index (χ4v) is 2.27. The van der Waals surface area contributed by atoms with Crippen LogP contribution in [-0.2, 0) is 14.4 Å². The molecule has 1 amide bonds. The second-order valence-corrected chi connectivity index (χ2v) is 5.49. The van der Waals surface area contributed by atoms with E-state index in [9.17, 15) is 9.59 Å². The van der Waals surface area contributed by atoms with Crippen molar-refractivity contribution in [2.45, 2.75) is 84.1 Å². The minimum absolute atomic E-state index is 0.254. The van der Waals surface area contributed by atoms with E-state index in [1.165, 1.54) is 52.6 Å². The maximum absolute atomic E-state index is 11.9. The van der Waals surface area contributed by atoms with Crippen molar-refractivity contribution in [1.82, 2.24) is 5.06 Å². The Morgan fingerprint density at radius 1 is 1.00 bits per heavy atom. The molecule has 0 spiro atoms. The Hall–Kier alpha value is -1.10. The zero-order chi connectivity index (χ0) is 16.1. The van der Waals surface area contributed by atoms with E-state index < -0.39 is 12.0 Å². The van der Waals surface area contributed by atoms with Gasteiger partial charge >= 0.3 is 5.97 Å². The van der Waals surface area contributed by atoms with E-state index in [0.29, 0.717) is 6.42 Å². The highest BCUT2D eigenvalue weighted by Crippen LogP contribution is 2.12. The molecule has 0 aliphatic carbocycles. The average molecular weight is 301 g/mol. The first-order valence-electron chi connectivity index (χ1n) is 8.13. The van der Waals surface area contributed by atoms with Crippen LogP contribution in [0, 0.1) is 0 Å². The quantitative estimate of drug-likeness (QED) is 0.415. The maximum Gasteiger partial charge on any atom is 0.328 e. The molecule has 0 bridgehead atoms. The van der Waals surface area contributed by atoms with Gasteiger partial charge in [-0.2, -0.15) is 0 Å². The van der Waals surface area contributed by atoms with Crippen molar-refractivity contribution in [2.24, 2.45) is 0 Å². The summed E-state index contributed by atoms with van der Waals surface area (Å²) in [4.78, 5) is 27.6. The number of unbranched alkanes of at least 4 members (excludes halogenated alkanes) is 8. The minimum Gasteiger partial charge on any atom is -0.480 e. The lowest BCUT2D eigenvalue weighted by atomic mass is 10.1. The molecule has 1 atom stereocenters. The molecule has 0 unspecified atom stereocenters. The molecule has 0 aliphatic rings. The molecule has 0 fully saturated rings. The number of carboxylic acids is 1. The van der Waals surface area contributed by atoms with E-state index in [2.05, 4.69) is 6.92 Å². The smallest absolute Gasteiger partial charge is 0.328 e. The van der Waals surface area contributed by atoms with Crippen LogP contribution in [0.4, 0.5) is 0 Å². The third kappa shape index (κ3) is 9.45. The summed E-state index contributed by atoms with van der Waals surface area (Å²) in [7, 11) is 1.33. The van der Waals surface area contributed by atoms with Gasteiger partial charge in [-0.1, -0.05) is 58.3 Å². The van der Waals surface area contributed by atoms with Crippen LogP contribution in [0.3, 0.4) is 0 Å². The number of aliphatic carboxylic acids is 1. The molecule has 0 saturated carbocycles. The van der Waals surface area contributed by atoms with Crippen molar-refractivity contribution >= 4 is 11.9 Å². The summed E-state index contributed by atoms with van der Waals surface area (Å²) in [5.74, 6) is -1.31. The predicted octanol–water partition coefficient (Wildman–Crippen LogP) is 3.77. The SMILES string of the molecule is CCCCCCCCCCCC(=O)N(OC)[C@@H](C)C(=O)O. The summed E-state index contributed by atoms with van der Waals surface area (Å²) in [6, 6.07) is -0.943. The first-order chi connectivity index (χ1) is 10.0. The normalized spacial score (nSPS) is 12.1. The molecule has 0 rings (SSSR count). The van der Waals surface area contributed by atoms with E-state index in [1.807, 2.05) is 0 Å². The number of rotatable bonds is 13. The lowest BCUT2D eigenvalue weighted by molar-refractivity contribution is -0.194. The lowest BCUT2D eigenvalue weighted by Gasteiger charge is -2.23. The predicted molar refractivity (Wildman–Crippen MR) is 82.8 cm³/mol. The van der Waals surface area contributed by atoms with Gasteiger partial charge in [0.15, 0.2) is 6.04 Å². The summed E-state index contributed by atoms with van der Waals surface area (Å²) in [5.41, 5.74) is 0.